The summed E-state index contributed by atoms with van der Waals surface area (Å²) in [4.78, 5) is 26.0. The van der Waals surface area contributed by atoms with Crippen LogP contribution in [0.25, 0.3) is 0 Å². The Bertz CT molecular complexity index is 913. The first-order valence-electron chi connectivity index (χ1n) is 10.6. The predicted molar refractivity (Wildman–Crippen MR) is 117 cm³/mol. The molecule has 1 heterocycles. The molecule has 1 fully saturated rings. The van der Waals surface area contributed by atoms with E-state index < -0.39 is 12.3 Å². The van der Waals surface area contributed by atoms with Gasteiger partial charge in [0.25, 0.3) is 0 Å². The fraction of sp³-hybridized carbons (Fsp3) is 0.417. The van der Waals surface area contributed by atoms with Crippen LogP contribution >= 0.6 is 0 Å². The molecule has 0 spiro atoms. The average Bonchev–Trinajstić information content (AvgIpc) is 3.07. The minimum Gasteiger partial charge on any atom is -0.497 e. The quantitative estimate of drug-likeness (QED) is 0.456. The van der Waals surface area contributed by atoms with E-state index in [0.29, 0.717) is 35.6 Å². The van der Waals surface area contributed by atoms with Crippen molar-refractivity contribution in [1.29, 1.82) is 0 Å². The molecule has 1 N–H and O–H groups in total. The van der Waals surface area contributed by atoms with Crippen LogP contribution in [-0.4, -0.2) is 55.7 Å². The van der Waals surface area contributed by atoms with E-state index in [1.165, 1.54) is 19.1 Å². The number of ether oxygens (including phenoxy) is 4. The molecule has 1 aliphatic rings. The van der Waals surface area contributed by atoms with Crippen molar-refractivity contribution in [2.24, 2.45) is 0 Å². The lowest BCUT2D eigenvalue weighted by Crippen LogP contribution is -2.40. The first-order valence-corrected chi connectivity index (χ1v) is 10.6. The Morgan fingerprint density at radius 2 is 1.84 bits per heavy atom. The second-order valence-electron chi connectivity index (χ2n) is 7.53. The summed E-state index contributed by atoms with van der Waals surface area (Å²) >= 11 is 0. The third kappa shape index (κ3) is 5.99. The summed E-state index contributed by atoms with van der Waals surface area (Å²) in [5.74, 6) is 0.755. The molecule has 1 aliphatic heterocycles. The molecular weight excluding hydrogens is 414 g/mol. The van der Waals surface area contributed by atoms with Crippen molar-refractivity contribution in [3.63, 3.8) is 0 Å². The van der Waals surface area contributed by atoms with E-state index in [9.17, 15) is 14.7 Å². The number of amides is 1. The fourth-order valence-corrected chi connectivity index (χ4v) is 3.63. The van der Waals surface area contributed by atoms with E-state index in [2.05, 4.69) is 0 Å². The topological polar surface area (TPSA) is 94.5 Å². The molecule has 3 rings (SSSR count). The fourth-order valence-electron chi connectivity index (χ4n) is 3.63. The van der Waals surface area contributed by atoms with Crippen LogP contribution in [0.5, 0.6) is 11.5 Å². The number of carbonyl (C=O) groups excluding carboxylic acids is 1. The Morgan fingerprint density at radius 3 is 2.53 bits per heavy atom. The normalized spacial score (nSPS) is 16.3. The summed E-state index contributed by atoms with van der Waals surface area (Å²) < 4.78 is 21.6. The zero-order valence-electron chi connectivity index (χ0n) is 18.4. The molecule has 1 amide bonds. The monoisotopic (exact) mass is 443 g/mol. The lowest BCUT2D eigenvalue weighted by atomic mass is 10.0. The van der Waals surface area contributed by atoms with Gasteiger partial charge in [0.15, 0.2) is 12.6 Å². The molecule has 8 heteroatoms. The summed E-state index contributed by atoms with van der Waals surface area (Å²) in [6, 6.07) is 12.1. The number of hydrogen-bond acceptors (Lipinski definition) is 6. The van der Waals surface area contributed by atoms with Gasteiger partial charge in [0.05, 0.1) is 19.3 Å². The minimum atomic E-state index is -0.956. The summed E-state index contributed by atoms with van der Waals surface area (Å²) in [5.41, 5.74) is 1.73. The van der Waals surface area contributed by atoms with Crippen LogP contribution in [0.3, 0.4) is 0 Å². The first kappa shape index (κ1) is 23.6. The van der Waals surface area contributed by atoms with Crippen molar-refractivity contribution >= 4 is 11.9 Å². The molecule has 0 aromatic heterocycles. The number of benzene rings is 2. The van der Waals surface area contributed by atoms with Gasteiger partial charge in [-0.05, 0) is 43.0 Å². The third-order valence-electron chi connectivity index (χ3n) is 5.37. The van der Waals surface area contributed by atoms with Crippen LogP contribution in [0.1, 0.15) is 47.2 Å². The lowest BCUT2D eigenvalue weighted by Gasteiger charge is -2.27. The van der Waals surface area contributed by atoms with E-state index in [4.69, 9.17) is 18.9 Å². The molecule has 0 saturated carbocycles. The number of rotatable bonds is 9. The van der Waals surface area contributed by atoms with Crippen molar-refractivity contribution < 1.29 is 33.6 Å². The Balaban J connectivity index is 1.70. The van der Waals surface area contributed by atoms with E-state index in [1.807, 2.05) is 12.1 Å². The van der Waals surface area contributed by atoms with Crippen molar-refractivity contribution in [3.8, 4) is 11.5 Å². The number of methoxy groups -OCH3 is 2. The maximum absolute atomic E-state index is 13.1. The van der Waals surface area contributed by atoms with E-state index in [1.54, 1.807) is 30.3 Å². The highest BCUT2D eigenvalue weighted by molar-refractivity contribution is 6.11. The van der Waals surface area contributed by atoms with E-state index in [-0.39, 0.29) is 19.2 Å². The van der Waals surface area contributed by atoms with Gasteiger partial charge >= 0.3 is 6.09 Å². The van der Waals surface area contributed by atoms with Crippen molar-refractivity contribution in [2.45, 2.75) is 38.5 Å². The van der Waals surface area contributed by atoms with Crippen molar-refractivity contribution in [1.82, 2.24) is 4.90 Å². The van der Waals surface area contributed by atoms with Gasteiger partial charge in [0, 0.05) is 19.2 Å². The van der Waals surface area contributed by atoms with Gasteiger partial charge < -0.3 is 24.1 Å². The van der Waals surface area contributed by atoms with Crippen LogP contribution in [0.15, 0.2) is 42.5 Å². The molecular formula is C24H29NO7. The minimum absolute atomic E-state index is 0.0252. The first-order chi connectivity index (χ1) is 15.5. The van der Waals surface area contributed by atoms with Crippen molar-refractivity contribution in [3.05, 3.63) is 59.2 Å². The average molecular weight is 443 g/mol. The molecule has 0 aliphatic carbocycles. The Kier molecular flexibility index (Phi) is 8.47. The van der Waals surface area contributed by atoms with Gasteiger partial charge in [-0.15, -0.1) is 0 Å². The van der Waals surface area contributed by atoms with Crippen LogP contribution in [0, 0.1) is 0 Å². The van der Waals surface area contributed by atoms with Gasteiger partial charge in [0.2, 0.25) is 0 Å². The number of carbonyl (C=O) groups is 2. The predicted octanol–water partition coefficient (Wildman–Crippen LogP) is 4.31. The van der Waals surface area contributed by atoms with Gasteiger partial charge in [-0.2, -0.15) is 0 Å². The highest BCUT2D eigenvalue weighted by Crippen LogP contribution is 2.27. The van der Waals surface area contributed by atoms with Crippen LogP contribution in [0.4, 0.5) is 4.79 Å². The molecule has 2 aromatic carbocycles. The molecule has 1 saturated heterocycles. The smallest absolute Gasteiger partial charge is 0.409 e. The van der Waals surface area contributed by atoms with Gasteiger partial charge in [-0.25, -0.2) is 4.79 Å². The highest BCUT2D eigenvalue weighted by Gasteiger charge is 2.25. The molecule has 1 atom stereocenters. The molecule has 2 aromatic rings. The summed E-state index contributed by atoms with van der Waals surface area (Å²) in [5, 5.41) is 9.43. The second-order valence-corrected chi connectivity index (χ2v) is 7.53. The molecule has 1 unspecified atom stereocenters. The number of ketones is 1. The Hall–Kier alpha value is -3.10. The van der Waals surface area contributed by atoms with Gasteiger partial charge in [0.1, 0.15) is 17.7 Å². The summed E-state index contributed by atoms with van der Waals surface area (Å²) in [7, 11) is 3.05. The summed E-state index contributed by atoms with van der Waals surface area (Å²) in [6.07, 6.45) is 2.07. The van der Waals surface area contributed by atoms with Crippen LogP contribution in [0.2, 0.25) is 0 Å². The third-order valence-corrected chi connectivity index (χ3v) is 5.37. The second kappa shape index (κ2) is 11.5. The van der Waals surface area contributed by atoms with Crippen LogP contribution < -0.4 is 9.47 Å². The number of hydrogen-bond donors (Lipinski definition) is 1. The van der Waals surface area contributed by atoms with Gasteiger partial charge in [-0.1, -0.05) is 30.7 Å². The molecule has 0 bridgehead atoms. The number of likely N-dealkylation sites (tertiary alicyclic amines) is 1. The number of nitrogens with zero attached hydrogens (tertiary/aromatic N) is 1. The number of carboxylic acid groups (broad SMARTS) is 1. The largest absolute Gasteiger partial charge is 0.497 e. The zero-order chi connectivity index (χ0) is 22.9. The standard InChI is InChI=1S/C24H29NO7/c1-29-16-32-21-12-11-19(30-2)14-20(21)23(26)18-9-7-17(8-10-18)15-31-22-6-4-3-5-13-25(22)24(27)28/h7-12,14,22H,3-6,13,15-16H2,1-2H3,(H,27,28). The van der Waals surface area contributed by atoms with E-state index >= 15 is 0 Å². The maximum Gasteiger partial charge on any atom is 0.409 e. The molecule has 32 heavy (non-hydrogen) atoms. The lowest BCUT2D eigenvalue weighted by molar-refractivity contribution is -0.0566. The molecule has 0 radical (unpaired) electrons. The maximum atomic E-state index is 13.1. The summed E-state index contributed by atoms with van der Waals surface area (Å²) in [6.45, 7) is 0.781. The van der Waals surface area contributed by atoms with Crippen LogP contribution in [-0.2, 0) is 16.1 Å². The van der Waals surface area contributed by atoms with Crippen molar-refractivity contribution in [2.75, 3.05) is 27.6 Å². The SMILES string of the molecule is COCOc1ccc(OC)cc1C(=O)c1ccc(COC2CCCCCN2C(=O)O)cc1. The highest BCUT2D eigenvalue weighted by atomic mass is 16.7. The zero-order valence-corrected chi connectivity index (χ0v) is 18.4. The van der Waals surface area contributed by atoms with E-state index in [0.717, 1.165) is 24.8 Å². The molecule has 172 valence electrons. The Morgan fingerprint density at radius 1 is 1.06 bits per heavy atom. The molecule has 8 nitrogen and oxygen atoms in total. The Labute approximate surface area is 187 Å². The van der Waals surface area contributed by atoms with Gasteiger partial charge in [-0.3, -0.25) is 9.69 Å².